The van der Waals surface area contributed by atoms with E-state index in [-0.39, 0.29) is 30.2 Å². The topological polar surface area (TPSA) is 57.7 Å². The van der Waals surface area contributed by atoms with Crippen LogP contribution >= 0.6 is 0 Å². The molecule has 0 spiro atoms. The summed E-state index contributed by atoms with van der Waals surface area (Å²) in [6, 6.07) is 16.5. The van der Waals surface area contributed by atoms with Crippen LogP contribution in [0.5, 0.6) is 0 Å². The number of amides is 2. The lowest BCUT2D eigenvalue weighted by atomic mass is 9.84. The van der Waals surface area contributed by atoms with Crippen molar-refractivity contribution >= 4 is 23.7 Å². The molecule has 0 N–H and O–H groups in total. The maximum Gasteiger partial charge on any atom is 0.236 e. The molecule has 0 aromatic heterocycles. The van der Waals surface area contributed by atoms with Crippen LogP contribution in [0, 0.1) is 11.8 Å². The zero-order valence-corrected chi connectivity index (χ0v) is 15.5. The molecule has 0 bridgehead atoms. The molecule has 5 heteroatoms. The van der Waals surface area contributed by atoms with Crippen LogP contribution in [-0.4, -0.2) is 33.4 Å². The van der Waals surface area contributed by atoms with E-state index in [1.54, 1.807) is 0 Å². The van der Waals surface area contributed by atoms with Gasteiger partial charge in [0.25, 0.3) is 0 Å². The molecule has 2 aromatic carbocycles. The van der Waals surface area contributed by atoms with Gasteiger partial charge in [0.1, 0.15) is 0 Å². The van der Waals surface area contributed by atoms with Crippen LogP contribution in [0.25, 0.3) is 6.08 Å². The SMILES string of the molecule is CC(=O)[C@@H]1[C@@H]2C(=O)N(Cc3ccccc3)C(=O)[C@@H]2[C@@H]2c3ccccc3C=CN12. The number of benzene rings is 2. The summed E-state index contributed by atoms with van der Waals surface area (Å²) < 4.78 is 0. The smallest absolute Gasteiger partial charge is 0.236 e. The first kappa shape index (κ1) is 16.9. The molecule has 3 aliphatic heterocycles. The van der Waals surface area contributed by atoms with E-state index < -0.39 is 17.9 Å². The molecule has 5 nitrogen and oxygen atoms in total. The van der Waals surface area contributed by atoms with Crippen molar-refractivity contribution in [3.8, 4) is 0 Å². The highest BCUT2D eigenvalue weighted by atomic mass is 16.2. The molecule has 0 radical (unpaired) electrons. The Hall–Kier alpha value is -3.21. The summed E-state index contributed by atoms with van der Waals surface area (Å²) >= 11 is 0. The molecule has 2 aromatic rings. The molecular weight excluding hydrogens is 352 g/mol. The number of fused-ring (bicyclic) bond motifs is 5. The fourth-order valence-electron chi connectivity index (χ4n) is 5.01. The molecule has 3 aliphatic rings. The Kier molecular flexibility index (Phi) is 3.72. The van der Waals surface area contributed by atoms with Gasteiger partial charge in [-0.15, -0.1) is 0 Å². The van der Waals surface area contributed by atoms with Crippen LogP contribution in [0.3, 0.4) is 0 Å². The summed E-state index contributed by atoms with van der Waals surface area (Å²) in [5, 5.41) is 0. The van der Waals surface area contributed by atoms with Crippen molar-refractivity contribution in [1.29, 1.82) is 0 Å². The first-order chi connectivity index (χ1) is 13.6. The number of rotatable bonds is 3. The largest absolute Gasteiger partial charge is 0.359 e. The Morgan fingerprint density at radius 2 is 1.61 bits per heavy atom. The van der Waals surface area contributed by atoms with Crippen molar-refractivity contribution < 1.29 is 14.4 Å². The van der Waals surface area contributed by atoms with E-state index in [4.69, 9.17) is 0 Å². The quantitative estimate of drug-likeness (QED) is 0.778. The standard InChI is InChI=1S/C23H20N2O3/c1-14(26)20-18-19(21-17-10-6-5-9-16(17)11-12-24(20)21)23(28)25(22(18)27)13-15-7-3-2-4-8-15/h2-12,18-21H,13H2,1H3/t18-,19+,20-,21+/m1/s1. The predicted octanol–water partition coefficient (Wildman–Crippen LogP) is 2.79. The highest BCUT2D eigenvalue weighted by Crippen LogP contribution is 2.52. The van der Waals surface area contributed by atoms with Gasteiger partial charge in [0.05, 0.1) is 30.5 Å². The molecule has 0 unspecified atom stereocenters. The number of hydrogen-bond donors (Lipinski definition) is 0. The lowest BCUT2D eigenvalue weighted by Gasteiger charge is -2.34. The summed E-state index contributed by atoms with van der Waals surface area (Å²) in [6.07, 6.45) is 3.83. The minimum atomic E-state index is -0.630. The van der Waals surface area contributed by atoms with E-state index in [1.807, 2.05) is 71.8 Å². The van der Waals surface area contributed by atoms with Crippen molar-refractivity contribution in [3.05, 3.63) is 77.5 Å². The van der Waals surface area contributed by atoms with Crippen LogP contribution in [0.15, 0.2) is 60.8 Å². The number of hydrogen-bond acceptors (Lipinski definition) is 4. The average Bonchev–Trinajstić information content (AvgIpc) is 3.18. The molecule has 2 saturated heterocycles. The van der Waals surface area contributed by atoms with E-state index >= 15 is 0 Å². The average molecular weight is 372 g/mol. The van der Waals surface area contributed by atoms with Gasteiger partial charge in [0.2, 0.25) is 11.8 Å². The van der Waals surface area contributed by atoms with Crippen molar-refractivity contribution in [2.75, 3.05) is 0 Å². The van der Waals surface area contributed by atoms with Crippen LogP contribution in [0.2, 0.25) is 0 Å². The third-order valence-electron chi connectivity index (χ3n) is 6.15. The van der Waals surface area contributed by atoms with Gasteiger partial charge in [-0.25, -0.2) is 0 Å². The molecule has 2 amide bonds. The molecule has 0 saturated carbocycles. The third kappa shape index (κ3) is 2.29. The molecule has 5 rings (SSSR count). The number of Topliss-reactive ketones (excluding diaryl/α,β-unsaturated/α-hetero) is 1. The molecular formula is C23H20N2O3. The number of carbonyl (C=O) groups excluding carboxylic acids is 3. The molecule has 4 atom stereocenters. The summed E-state index contributed by atoms with van der Waals surface area (Å²) in [4.78, 5) is 42.4. The lowest BCUT2D eigenvalue weighted by molar-refractivity contribution is -0.143. The zero-order valence-electron chi connectivity index (χ0n) is 15.5. The van der Waals surface area contributed by atoms with E-state index in [1.165, 1.54) is 11.8 Å². The normalized spacial score (nSPS) is 27.6. The second-order valence-corrected chi connectivity index (χ2v) is 7.69. The van der Waals surface area contributed by atoms with Gasteiger partial charge in [-0.3, -0.25) is 19.3 Å². The van der Waals surface area contributed by atoms with Gasteiger partial charge < -0.3 is 4.90 Å². The number of ketones is 1. The minimum Gasteiger partial charge on any atom is -0.359 e. The van der Waals surface area contributed by atoms with Crippen LogP contribution < -0.4 is 0 Å². The van der Waals surface area contributed by atoms with Crippen LogP contribution in [0.1, 0.15) is 29.7 Å². The Morgan fingerprint density at radius 1 is 0.929 bits per heavy atom. The highest BCUT2D eigenvalue weighted by molar-refractivity contribution is 6.09. The van der Waals surface area contributed by atoms with E-state index in [9.17, 15) is 14.4 Å². The van der Waals surface area contributed by atoms with Gasteiger partial charge in [-0.05, 0) is 29.7 Å². The molecule has 2 fully saturated rings. The Bertz CT molecular complexity index is 1010. The summed E-state index contributed by atoms with van der Waals surface area (Å²) in [6.45, 7) is 1.76. The summed E-state index contributed by atoms with van der Waals surface area (Å²) in [7, 11) is 0. The maximum atomic E-state index is 13.4. The fourth-order valence-corrected chi connectivity index (χ4v) is 5.01. The van der Waals surface area contributed by atoms with Crippen molar-refractivity contribution in [2.24, 2.45) is 11.8 Å². The van der Waals surface area contributed by atoms with Crippen molar-refractivity contribution in [3.63, 3.8) is 0 Å². The Balaban J connectivity index is 1.58. The second kappa shape index (κ2) is 6.16. The number of nitrogens with zero attached hydrogens (tertiary/aromatic N) is 2. The van der Waals surface area contributed by atoms with Gasteiger partial charge in [0, 0.05) is 6.20 Å². The monoisotopic (exact) mass is 372 g/mol. The van der Waals surface area contributed by atoms with Crippen molar-refractivity contribution in [2.45, 2.75) is 25.6 Å². The second-order valence-electron chi connectivity index (χ2n) is 7.69. The summed E-state index contributed by atoms with van der Waals surface area (Å²) in [5.41, 5.74) is 2.95. The van der Waals surface area contributed by atoms with Gasteiger partial charge >= 0.3 is 0 Å². The minimum absolute atomic E-state index is 0.0794. The number of imide groups is 1. The Morgan fingerprint density at radius 3 is 2.36 bits per heavy atom. The van der Waals surface area contributed by atoms with E-state index in [0.29, 0.717) is 0 Å². The van der Waals surface area contributed by atoms with Gasteiger partial charge in [0.15, 0.2) is 5.78 Å². The molecule has 140 valence electrons. The first-order valence-electron chi connectivity index (χ1n) is 9.52. The number of likely N-dealkylation sites (tertiary alicyclic amines) is 1. The zero-order chi connectivity index (χ0) is 19.4. The van der Waals surface area contributed by atoms with Crippen LogP contribution in [0.4, 0.5) is 0 Å². The fraction of sp³-hybridized carbons (Fsp3) is 0.261. The van der Waals surface area contributed by atoms with Crippen LogP contribution in [-0.2, 0) is 20.9 Å². The predicted molar refractivity (Wildman–Crippen MR) is 104 cm³/mol. The van der Waals surface area contributed by atoms with E-state index in [0.717, 1.165) is 16.7 Å². The molecule has 3 heterocycles. The summed E-state index contributed by atoms with van der Waals surface area (Å²) in [5.74, 6) is -1.66. The maximum absolute atomic E-state index is 13.4. The molecule has 0 aliphatic carbocycles. The first-order valence-corrected chi connectivity index (χ1v) is 9.52. The lowest BCUT2D eigenvalue weighted by Crippen LogP contribution is -2.43. The highest BCUT2D eigenvalue weighted by Gasteiger charge is 2.63. The van der Waals surface area contributed by atoms with Gasteiger partial charge in [-0.1, -0.05) is 54.6 Å². The number of carbonyl (C=O) groups is 3. The van der Waals surface area contributed by atoms with E-state index in [2.05, 4.69) is 0 Å². The Labute approximate surface area is 163 Å². The molecule has 28 heavy (non-hydrogen) atoms. The van der Waals surface area contributed by atoms with Crippen molar-refractivity contribution in [1.82, 2.24) is 9.80 Å². The van der Waals surface area contributed by atoms with Gasteiger partial charge in [-0.2, -0.15) is 0 Å². The third-order valence-corrected chi connectivity index (χ3v) is 6.15.